The summed E-state index contributed by atoms with van der Waals surface area (Å²) >= 11 is 0. The third kappa shape index (κ3) is 3.52. The first-order valence-corrected chi connectivity index (χ1v) is 8.19. The summed E-state index contributed by atoms with van der Waals surface area (Å²) in [7, 11) is 0. The highest BCUT2D eigenvalue weighted by molar-refractivity contribution is 5.73. The van der Waals surface area contributed by atoms with Crippen LogP contribution in [-0.4, -0.2) is 46.8 Å². The molecule has 0 unspecified atom stereocenters. The summed E-state index contributed by atoms with van der Waals surface area (Å²) in [6, 6.07) is 6.82. The molecule has 124 valence electrons. The summed E-state index contributed by atoms with van der Waals surface area (Å²) in [6.07, 6.45) is 3.41. The molecule has 1 aromatic rings. The van der Waals surface area contributed by atoms with Crippen molar-refractivity contribution in [2.24, 2.45) is 5.41 Å². The number of hydrogen-bond donors (Lipinski definition) is 0. The molecule has 0 saturated carbocycles. The standard InChI is InChI=1S/C17H23N3O3/c1-14(21)19-9-2-7-17(13-19)8-10-18(12-17)11-15-3-5-16(6-4-15)20(22)23/h3-6H,2,7-13H2,1H3/t17-/m1/s1. The zero-order valence-corrected chi connectivity index (χ0v) is 13.5. The van der Waals surface area contributed by atoms with Crippen LogP contribution in [0.1, 0.15) is 31.7 Å². The Labute approximate surface area is 136 Å². The highest BCUT2D eigenvalue weighted by Crippen LogP contribution is 2.39. The molecule has 6 heteroatoms. The molecular weight excluding hydrogens is 294 g/mol. The minimum Gasteiger partial charge on any atom is -0.342 e. The zero-order valence-electron chi connectivity index (χ0n) is 13.5. The van der Waals surface area contributed by atoms with E-state index in [0.29, 0.717) is 0 Å². The first-order chi connectivity index (χ1) is 11.0. The zero-order chi connectivity index (χ0) is 16.4. The lowest BCUT2D eigenvalue weighted by molar-refractivity contribution is -0.384. The topological polar surface area (TPSA) is 66.7 Å². The molecule has 1 amide bonds. The van der Waals surface area contributed by atoms with Crippen LogP contribution in [0.4, 0.5) is 5.69 Å². The van der Waals surface area contributed by atoms with Gasteiger partial charge in [0.25, 0.3) is 5.69 Å². The van der Waals surface area contributed by atoms with Crippen LogP contribution in [0.5, 0.6) is 0 Å². The lowest BCUT2D eigenvalue weighted by Crippen LogP contribution is -2.46. The lowest BCUT2D eigenvalue weighted by Gasteiger charge is -2.40. The Morgan fingerprint density at radius 2 is 1.96 bits per heavy atom. The third-order valence-electron chi connectivity index (χ3n) is 5.18. The third-order valence-corrected chi connectivity index (χ3v) is 5.18. The number of piperidine rings is 1. The van der Waals surface area contributed by atoms with Crippen molar-refractivity contribution >= 4 is 11.6 Å². The molecular formula is C17H23N3O3. The Balaban J connectivity index is 1.61. The quantitative estimate of drug-likeness (QED) is 0.634. The van der Waals surface area contributed by atoms with Gasteiger partial charge in [-0.25, -0.2) is 0 Å². The van der Waals surface area contributed by atoms with Gasteiger partial charge in [-0.05, 0) is 31.4 Å². The molecule has 0 N–H and O–H groups in total. The number of nitrogens with zero attached hydrogens (tertiary/aromatic N) is 3. The normalized spacial score (nSPS) is 25.0. The van der Waals surface area contributed by atoms with Gasteiger partial charge in [-0.3, -0.25) is 19.8 Å². The molecule has 1 atom stereocenters. The second-order valence-corrected chi connectivity index (χ2v) is 6.93. The van der Waals surface area contributed by atoms with Gasteiger partial charge < -0.3 is 4.90 Å². The van der Waals surface area contributed by atoms with Crippen molar-refractivity contribution in [2.75, 3.05) is 26.2 Å². The van der Waals surface area contributed by atoms with E-state index in [1.54, 1.807) is 19.1 Å². The van der Waals surface area contributed by atoms with Crippen molar-refractivity contribution in [3.8, 4) is 0 Å². The number of rotatable bonds is 3. The van der Waals surface area contributed by atoms with Gasteiger partial charge in [0, 0.05) is 50.7 Å². The SMILES string of the molecule is CC(=O)N1CCC[C@]2(CCN(Cc3ccc([N+](=O)[O-])cc3)C2)C1. The van der Waals surface area contributed by atoms with Crippen LogP contribution in [0.25, 0.3) is 0 Å². The Kier molecular flexibility index (Phi) is 4.35. The molecule has 6 nitrogen and oxygen atoms in total. The lowest BCUT2D eigenvalue weighted by atomic mass is 9.79. The van der Waals surface area contributed by atoms with E-state index in [4.69, 9.17) is 0 Å². The summed E-state index contributed by atoms with van der Waals surface area (Å²) in [4.78, 5) is 26.4. The Morgan fingerprint density at radius 1 is 1.22 bits per heavy atom. The molecule has 2 fully saturated rings. The van der Waals surface area contributed by atoms with Crippen molar-refractivity contribution in [1.82, 2.24) is 9.80 Å². The van der Waals surface area contributed by atoms with E-state index in [9.17, 15) is 14.9 Å². The van der Waals surface area contributed by atoms with Gasteiger partial charge in [0.05, 0.1) is 4.92 Å². The number of non-ortho nitro benzene ring substituents is 1. The number of benzene rings is 1. The van der Waals surface area contributed by atoms with Gasteiger partial charge >= 0.3 is 0 Å². The van der Waals surface area contributed by atoms with E-state index in [1.807, 2.05) is 17.0 Å². The van der Waals surface area contributed by atoms with E-state index in [0.717, 1.165) is 51.1 Å². The number of nitro benzene ring substituents is 1. The van der Waals surface area contributed by atoms with E-state index in [2.05, 4.69) is 4.90 Å². The maximum Gasteiger partial charge on any atom is 0.269 e. The van der Waals surface area contributed by atoms with Gasteiger partial charge in [-0.15, -0.1) is 0 Å². The molecule has 0 bridgehead atoms. The average Bonchev–Trinajstić information content (AvgIpc) is 2.90. The molecule has 0 aliphatic carbocycles. The highest BCUT2D eigenvalue weighted by Gasteiger charge is 2.41. The predicted octanol–water partition coefficient (Wildman–Crippen LogP) is 2.43. The molecule has 2 saturated heterocycles. The predicted molar refractivity (Wildman–Crippen MR) is 86.9 cm³/mol. The van der Waals surface area contributed by atoms with Crippen molar-refractivity contribution in [2.45, 2.75) is 32.7 Å². The summed E-state index contributed by atoms with van der Waals surface area (Å²) in [5, 5.41) is 10.7. The van der Waals surface area contributed by atoms with Gasteiger partial charge in [-0.2, -0.15) is 0 Å². The summed E-state index contributed by atoms with van der Waals surface area (Å²) in [5.74, 6) is 0.179. The number of carbonyl (C=O) groups excluding carboxylic acids is 1. The van der Waals surface area contributed by atoms with Gasteiger partial charge in [0.1, 0.15) is 0 Å². The van der Waals surface area contributed by atoms with Crippen LogP contribution in [-0.2, 0) is 11.3 Å². The van der Waals surface area contributed by atoms with E-state index >= 15 is 0 Å². The van der Waals surface area contributed by atoms with E-state index in [-0.39, 0.29) is 21.9 Å². The maximum atomic E-state index is 11.7. The van der Waals surface area contributed by atoms with Crippen LogP contribution in [0.2, 0.25) is 0 Å². The van der Waals surface area contributed by atoms with Crippen molar-refractivity contribution in [1.29, 1.82) is 0 Å². The van der Waals surface area contributed by atoms with Crippen molar-refractivity contribution in [3.05, 3.63) is 39.9 Å². The number of carbonyl (C=O) groups is 1. The average molecular weight is 317 g/mol. The van der Waals surface area contributed by atoms with Gasteiger partial charge in [-0.1, -0.05) is 12.1 Å². The fraction of sp³-hybridized carbons (Fsp3) is 0.588. The first-order valence-electron chi connectivity index (χ1n) is 8.19. The Hall–Kier alpha value is -1.95. The van der Waals surface area contributed by atoms with E-state index in [1.165, 1.54) is 6.42 Å². The second-order valence-electron chi connectivity index (χ2n) is 6.93. The fourth-order valence-electron chi connectivity index (χ4n) is 3.95. The highest BCUT2D eigenvalue weighted by atomic mass is 16.6. The fourth-order valence-corrected chi connectivity index (χ4v) is 3.95. The second kappa shape index (κ2) is 6.28. The number of nitro groups is 1. The number of hydrogen-bond acceptors (Lipinski definition) is 4. The summed E-state index contributed by atoms with van der Waals surface area (Å²) < 4.78 is 0. The van der Waals surface area contributed by atoms with Crippen LogP contribution in [0, 0.1) is 15.5 Å². The molecule has 2 aliphatic heterocycles. The molecule has 1 aromatic carbocycles. The van der Waals surface area contributed by atoms with Crippen LogP contribution < -0.4 is 0 Å². The van der Waals surface area contributed by atoms with E-state index < -0.39 is 0 Å². The largest absolute Gasteiger partial charge is 0.342 e. The molecule has 3 rings (SSSR count). The minimum absolute atomic E-state index is 0.135. The smallest absolute Gasteiger partial charge is 0.269 e. The maximum absolute atomic E-state index is 11.7. The molecule has 1 spiro atoms. The van der Waals surface area contributed by atoms with Crippen LogP contribution >= 0.6 is 0 Å². The molecule has 2 aliphatic rings. The number of amides is 1. The first kappa shape index (κ1) is 15.9. The minimum atomic E-state index is -0.368. The monoisotopic (exact) mass is 317 g/mol. The summed E-state index contributed by atoms with van der Waals surface area (Å²) in [5.41, 5.74) is 1.48. The van der Waals surface area contributed by atoms with Gasteiger partial charge in [0.2, 0.25) is 5.91 Å². The molecule has 0 aromatic heterocycles. The van der Waals surface area contributed by atoms with Crippen LogP contribution in [0.3, 0.4) is 0 Å². The molecule has 23 heavy (non-hydrogen) atoms. The number of likely N-dealkylation sites (tertiary alicyclic amines) is 2. The van der Waals surface area contributed by atoms with Gasteiger partial charge in [0.15, 0.2) is 0 Å². The van der Waals surface area contributed by atoms with Crippen molar-refractivity contribution in [3.63, 3.8) is 0 Å². The molecule has 2 heterocycles. The van der Waals surface area contributed by atoms with Crippen LogP contribution in [0.15, 0.2) is 24.3 Å². The Morgan fingerprint density at radius 3 is 2.61 bits per heavy atom. The Bertz CT molecular complexity index is 602. The van der Waals surface area contributed by atoms with Crippen molar-refractivity contribution < 1.29 is 9.72 Å². The summed E-state index contributed by atoms with van der Waals surface area (Å²) in [6.45, 7) is 6.28. The molecule has 0 radical (unpaired) electrons.